The normalized spacial score (nSPS) is 21.1. The standard InChI is InChI=1S/C26H30N4O4/c1-26(2,3)18-12-10-17(11-13-18)23-27-22(34-28-23)16-29-21-9-5-4-8-20(21)24(31)30(25(29)32)15-19-7-6-14-33-19/h6-7,10-14,20-21H,4-5,8-9,15-16H2,1-3H3. The summed E-state index contributed by atoms with van der Waals surface area (Å²) in [5.74, 6) is 1.10. The number of furan rings is 1. The second kappa shape index (κ2) is 8.74. The second-order valence-electron chi connectivity index (χ2n) is 10.2. The quantitative estimate of drug-likeness (QED) is 0.521. The molecule has 2 aromatic heterocycles. The average molecular weight is 463 g/mol. The number of amides is 3. The maximum absolute atomic E-state index is 13.4. The van der Waals surface area contributed by atoms with Gasteiger partial charge in [-0.05, 0) is 36.0 Å². The number of hydrogen-bond donors (Lipinski definition) is 0. The van der Waals surface area contributed by atoms with E-state index in [2.05, 4.69) is 43.0 Å². The summed E-state index contributed by atoms with van der Waals surface area (Å²) in [7, 11) is 0. The molecule has 3 heterocycles. The molecule has 0 bridgehead atoms. The van der Waals surface area contributed by atoms with E-state index in [0.29, 0.717) is 17.5 Å². The van der Waals surface area contributed by atoms with Gasteiger partial charge >= 0.3 is 6.03 Å². The molecule has 1 aliphatic heterocycles. The summed E-state index contributed by atoms with van der Waals surface area (Å²) in [5, 5.41) is 4.15. The largest absolute Gasteiger partial charge is 0.467 e. The molecule has 178 valence electrons. The summed E-state index contributed by atoms with van der Waals surface area (Å²) in [5.41, 5.74) is 2.15. The van der Waals surface area contributed by atoms with Gasteiger partial charge in [0.05, 0.1) is 18.7 Å². The number of fused-ring (bicyclic) bond motifs is 1. The third kappa shape index (κ3) is 4.24. The van der Waals surface area contributed by atoms with Gasteiger partial charge in [-0.1, -0.05) is 63.0 Å². The second-order valence-corrected chi connectivity index (χ2v) is 10.2. The number of benzene rings is 1. The summed E-state index contributed by atoms with van der Waals surface area (Å²) < 4.78 is 10.9. The number of rotatable bonds is 5. The van der Waals surface area contributed by atoms with Crippen LogP contribution in [0, 0.1) is 5.92 Å². The average Bonchev–Trinajstić information content (AvgIpc) is 3.51. The molecule has 0 radical (unpaired) electrons. The predicted molar refractivity (Wildman–Crippen MR) is 124 cm³/mol. The van der Waals surface area contributed by atoms with E-state index in [4.69, 9.17) is 8.94 Å². The van der Waals surface area contributed by atoms with Crippen molar-refractivity contribution in [3.63, 3.8) is 0 Å². The summed E-state index contributed by atoms with van der Waals surface area (Å²) >= 11 is 0. The molecular weight excluding hydrogens is 432 g/mol. The van der Waals surface area contributed by atoms with Crippen LogP contribution in [0.25, 0.3) is 11.4 Å². The van der Waals surface area contributed by atoms with Crippen molar-refractivity contribution in [2.24, 2.45) is 5.92 Å². The monoisotopic (exact) mass is 462 g/mol. The summed E-state index contributed by atoms with van der Waals surface area (Å²) in [4.78, 5) is 34.2. The van der Waals surface area contributed by atoms with E-state index < -0.39 is 0 Å². The van der Waals surface area contributed by atoms with E-state index in [1.54, 1.807) is 23.3 Å². The van der Waals surface area contributed by atoms with Gasteiger partial charge < -0.3 is 13.8 Å². The number of imide groups is 1. The van der Waals surface area contributed by atoms with Crippen molar-refractivity contribution in [2.75, 3.05) is 0 Å². The van der Waals surface area contributed by atoms with E-state index >= 15 is 0 Å². The van der Waals surface area contributed by atoms with Gasteiger partial charge in [-0.3, -0.25) is 9.69 Å². The molecular formula is C26H30N4O4. The van der Waals surface area contributed by atoms with Gasteiger partial charge in [-0.25, -0.2) is 4.79 Å². The molecule has 34 heavy (non-hydrogen) atoms. The number of carbonyl (C=O) groups excluding carboxylic acids is 2. The molecule has 1 aliphatic carbocycles. The lowest BCUT2D eigenvalue weighted by atomic mass is 9.81. The SMILES string of the molecule is CC(C)(C)c1ccc(-c2noc(CN3C(=O)N(Cc4ccco4)C(=O)C4CCCCC43)n2)cc1. The fourth-order valence-corrected chi connectivity index (χ4v) is 4.95. The number of aromatic nitrogens is 2. The Morgan fingerprint density at radius 2 is 1.79 bits per heavy atom. The number of carbonyl (C=O) groups is 2. The van der Waals surface area contributed by atoms with Gasteiger partial charge in [0.2, 0.25) is 17.6 Å². The highest BCUT2D eigenvalue weighted by atomic mass is 16.5. The molecule has 3 amide bonds. The molecule has 8 heteroatoms. The first-order valence-corrected chi connectivity index (χ1v) is 11.9. The minimum absolute atomic E-state index is 0.0606. The molecule has 5 rings (SSSR count). The minimum Gasteiger partial charge on any atom is -0.467 e. The third-order valence-electron chi connectivity index (χ3n) is 6.87. The zero-order valence-electron chi connectivity index (χ0n) is 19.9. The highest BCUT2D eigenvalue weighted by molar-refractivity contribution is 5.98. The lowest BCUT2D eigenvalue weighted by Crippen LogP contribution is -2.61. The van der Waals surface area contributed by atoms with E-state index in [-0.39, 0.29) is 42.4 Å². The van der Waals surface area contributed by atoms with Crippen LogP contribution in [-0.2, 0) is 23.3 Å². The van der Waals surface area contributed by atoms with Gasteiger partial charge in [0.25, 0.3) is 0 Å². The predicted octanol–water partition coefficient (Wildman–Crippen LogP) is 5.15. The Bertz CT molecular complexity index is 1160. The number of hydrogen-bond acceptors (Lipinski definition) is 6. The number of nitrogens with zero attached hydrogens (tertiary/aromatic N) is 4. The van der Waals surface area contributed by atoms with Crippen LogP contribution >= 0.6 is 0 Å². The van der Waals surface area contributed by atoms with Crippen LogP contribution < -0.4 is 0 Å². The van der Waals surface area contributed by atoms with Crippen LogP contribution in [0.15, 0.2) is 51.6 Å². The Morgan fingerprint density at radius 3 is 2.50 bits per heavy atom. The molecule has 1 saturated carbocycles. The van der Waals surface area contributed by atoms with Crippen molar-refractivity contribution in [3.05, 3.63) is 59.9 Å². The van der Waals surface area contributed by atoms with Crippen molar-refractivity contribution in [2.45, 2.75) is 71.0 Å². The smallest absolute Gasteiger partial charge is 0.327 e. The Hall–Kier alpha value is -3.42. The summed E-state index contributed by atoms with van der Waals surface area (Å²) in [6.07, 6.45) is 5.09. The highest BCUT2D eigenvalue weighted by Gasteiger charge is 2.47. The van der Waals surface area contributed by atoms with Gasteiger partial charge in [-0.15, -0.1) is 0 Å². The molecule has 3 aromatic rings. The van der Waals surface area contributed by atoms with Crippen LogP contribution in [0.5, 0.6) is 0 Å². The van der Waals surface area contributed by atoms with E-state index in [1.165, 1.54) is 10.5 Å². The Kier molecular flexibility index (Phi) is 5.75. The first-order chi connectivity index (χ1) is 16.3. The van der Waals surface area contributed by atoms with Crippen molar-refractivity contribution in [3.8, 4) is 11.4 Å². The first kappa shape index (κ1) is 22.4. The Morgan fingerprint density at radius 1 is 1.03 bits per heavy atom. The van der Waals surface area contributed by atoms with E-state index in [1.807, 2.05) is 12.1 Å². The van der Waals surface area contributed by atoms with Crippen LogP contribution in [0.4, 0.5) is 4.79 Å². The van der Waals surface area contributed by atoms with E-state index in [0.717, 1.165) is 31.2 Å². The van der Waals surface area contributed by atoms with Crippen LogP contribution in [-0.4, -0.2) is 37.9 Å². The fourth-order valence-electron chi connectivity index (χ4n) is 4.95. The Labute approximate surface area is 198 Å². The van der Waals surface area contributed by atoms with Crippen molar-refractivity contribution < 1.29 is 18.5 Å². The first-order valence-electron chi connectivity index (χ1n) is 11.9. The number of urea groups is 1. The minimum atomic E-state index is -0.334. The van der Waals surface area contributed by atoms with Crippen molar-refractivity contribution >= 4 is 11.9 Å². The Balaban J connectivity index is 1.37. The highest BCUT2D eigenvalue weighted by Crippen LogP contribution is 2.36. The molecule has 2 aliphatic rings. The molecule has 0 spiro atoms. The molecule has 2 atom stereocenters. The van der Waals surface area contributed by atoms with E-state index in [9.17, 15) is 9.59 Å². The summed E-state index contributed by atoms with van der Waals surface area (Å²) in [6.45, 7) is 6.81. The van der Waals surface area contributed by atoms with Crippen LogP contribution in [0.1, 0.15) is 63.7 Å². The lowest BCUT2D eigenvalue weighted by Gasteiger charge is -2.46. The maximum atomic E-state index is 13.4. The molecule has 1 aromatic carbocycles. The van der Waals surface area contributed by atoms with Crippen LogP contribution in [0.3, 0.4) is 0 Å². The lowest BCUT2D eigenvalue weighted by molar-refractivity contribution is -0.141. The fraction of sp³-hybridized carbons (Fsp3) is 0.462. The topological polar surface area (TPSA) is 92.7 Å². The molecule has 1 saturated heterocycles. The molecule has 8 nitrogen and oxygen atoms in total. The van der Waals surface area contributed by atoms with Crippen molar-refractivity contribution in [1.29, 1.82) is 0 Å². The van der Waals surface area contributed by atoms with Gasteiger partial charge in [0, 0.05) is 11.6 Å². The summed E-state index contributed by atoms with van der Waals surface area (Å²) in [6, 6.07) is 11.2. The maximum Gasteiger partial charge on any atom is 0.327 e. The third-order valence-corrected chi connectivity index (χ3v) is 6.87. The molecule has 0 N–H and O–H groups in total. The van der Waals surface area contributed by atoms with Gasteiger partial charge in [-0.2, -0.15) is 4.98 Å². The van der Waals surface area contributed by atoms with Gasteiger partial charge in [0.15, 0.2) is 0 Å². The van der Waals surface area contributed by atoms with Crippen LogP contribution in [0.2, 0.25) is 0 Å². The molecule has 2 unspecified atom stereocenters. The zero-order chi connectivity index (χ0) is 23.9. The van der Waals surface area contributed by atoms with Crippen molar-refractivity contribution in [1.82, 2.24) is 19.9 Å². The molecule has 2 fully saturated rings. The zero-order valence-corrected chi connectivity index (χ0v) is 19.9. The van der Waals surface area contributed by atoms with Gasteiger partial charge in [0.1, 0.15) is 12.3 Å².